The molecule has 4 rings (SSSR count). The number of anilines is 2. The molecule has 1 aliphatic carbocycles. The summed E-state index contributed by atoms with van der Waals surface area (Å²) in [6.07, 6.45) is 1.21. The minimum Gasteiger partial charge on any atom is -0.478 e. The van der Waals surface area contributed by atoms with Crippen molar-refractivity contribution in [2.45, 2.75) is 25.8 Å². The highest BCUT2D eigenvalue weighted by Crippen LogP contribution is 2.39. The first-order valence-electron chi connectivity index (χ1n) is 8.98. The van der Waals surface area contributed by atoms with Crippen LogP contribution in [0.2, 0.25) is 0 Å². The number of nitrogens with zero attached hydrogens (tertiary/aromatic N) is 2. The number of allylic oxidation sites excluding steroid dienone is 3. The number of carbonyl (C=O) groups excluding carboxylic acids is 1. The minimum absolute atomic E-state index is 0. The number of aromatic carboxylic acids is 1. The molecule has 1 fully saturated rings. The van der Waals surface area contributed by atoms with E-state index in [-0.39, 0.29) is 35.0 Å². The van der Waals surface area contributed by atoms with E-state index in [1.807, 2.05) is 11.8 Å². The van der Waals surface area contributed by atoms with E-state index in [1.54, 1.807) is 12.1 Å². The predicted octanol–water partition coefficient (Wildman–Crippen LogP) is 4.30. The molecule has 1 saturated heterocycles. The van der Waals surface area contributed by atoms with Crippen LogP contribution >= 0.6 is 46.9 Å². The van der Waals surface area contributed by atoms with Crippen LogP contribution in [0.1, 0.15) is 30.1 Å². The Morgan fingerprint density at radius 1 is 1.33 bits per heavy atom. The largest absolute Gasteiger partial charge is 0.478 e. The second kappa shape index (κ2) is 8.72. The van der Waals surface area contributed by atoms with Crippen molar-refractivity contribution in [2.75, 3.05) is 23.3 Å². The molecule has 0 unspecified atom stereocenters. The molecule has 0 radical (unpaired) electrons. The van der Waals surface area contributed by atoms with Gasteiger partial charge < -0.3 is 15.7 Å². The van der Waals surface area contributed by atoms with E-state index in [1.165, 1.54) is 11.3 Å². The number of nitrogens with one attached hydrogen (secondary N) is 1. The quantitative estimate of drug-likeness (QED) is 0.591. The van der Waals surface area contributed by atoms with Gasteiger partial charge in [0.05, 0.1) is 26.0 Å². The number of benzene rings is 1. The Bertz CT molecular complexity index is 1110. The normalized spacial score (nSPS) is 18.9. The fraction of sp³-hybridized carbons (Fsp3) is 0.316. The summed E-state index contributed by atoms with van der Waals surface area (Å²) in [4.78, 5) is 30.8. The summed E-state index contributed by atoms with van der Waals surface area (Å²) in [7, 11) is 0. The van der Waals surface area contributed by atoms with Gasteiger partial charge in [-0.05, 0) is 31.1 Å². The van der Waals surface area contributed by atoms with Gasteiger partial charge in [0, 0.05) is 31.1 Å². The van der Waals surface area contributed by atoms with Crippen LogP contribution in [-0.4, -0.2) is 41.1 Å². The minimum atomic E-state index is -1.02. The average Bonchev–Trinajstić information content (AvgIpc) is 3.34. The first-order valence-corrected chi connectivity index (χ1v) is 10.6. The first kappa shape index (κ1) is 22.8. The fourth-order valence-corrected chi connectivity index (χ4v) is 4.95. The van der Waals surface area contributed by atoms with E-state index in [9.17, 15) is 14.7 Å². The lowest BCUT2D eigenvalue weighted by Crippen LogP contribution is -2.26. The number of nitrogens with two attached hydrogens (primary N) is 1. The number of halogens is 3. The van der Waals surface area contributed by atoms with Gasteiger partial charge in [-0.25, -0.2) is 9.78 Å². The molecule has 7 nitrogen and oxygen atoms in total. The predicted molar refractivity (Wildman–Crippen MR) is 123 cm³/mol. The summed E-state index contributed by atoms with van der Waals surface area (Å²) in [5.74, 6) is -1.39. The SMILES string of the molecule is CC1=C(Cl)C(Cl)=C(C(=O)Nc2nc3c(N4CC[C@H](N)C4)cc(C(=O)O)cc3s2)C1.Cl. The maximum atomic E-state index is 12.7. The lowest BCUT2D eigenvalue weighted by molar-refractivity contribution is -0.112. The van der Waals surface area contributed by atoms with Gasteiger partial charge in [0.25, 0.3) is 5.91 Å². The van der Waals surface area contributed by atoms with Gasteiger partial charge in [0.2, 0.25) is 0 Å². The summed E-state index contributed by atoms with van der Waals surface area (Å²) in [5, 5.41) is 13.3. The lowest BCUT2D eigenvalue weighted by Gasteiger charge is -2.19. The number of carboxylic acids is 1. The third-order valence-corrected chi connectivity index (χ3v) is 7.00. The molecule has 0 saturated carbocycles. The van der Waals surface area contributed by atoms with Gasteiger partial charge >= 0.3 is 5.97 Å². The number of fused-ring (bicyclic) bond motifs is 1. The zero-order chi connectivity index (χ0) is 20.9. The van der Waals surface area contributed by atoms with Crippen molar-refractivity contribution < 1.29 is 14.7 Å². The van der Waals surface area contributed by atoms with Crippen LogP contribution in [0, 0.1) is 0 Å². The zero-order valence-corrected chi connectivity index (χ0v) is 19.0. The summed E-state index contributed by atoms with van der Waals surface area (Å²) in [6.45, 7) is 3.18. The molecule has 2 heterocycles. The van der Waals surface area contributed by atoms with Crippen molar-refractivity contribution in [3.8, 4) is 0 Å². The number of rotatable bonds is 4. The lowest BCUT2D eigenvalue weighted by atomic mass is 10.1. The van der Waals surface area contributed by atoms with Gasteiger partial charge in [-0.1, -0.05) is 34.5 Å². The number of carbonyl (C=O) groups is 2. The first-order chi connectivity index (χ1) is 13.7. The summed E-state index contributed by atoms with van der Waals surface area (Å²) >= 11 is 13.5. The van der Waals surface area contributed by atoms with Crippen LogP contribution in [0.4, 0.5) is 10.8 Å². The van der Waals surface area contributed by atoms with Crippen molar-refractivity contribution >= 4 is 79.9 Å². The van der Waals surface area contributed by atoms with E-state index in [0.29, 0.717) is 44.6 Å². The Labute approximate surface area is 192 Å². The molecule has 160 valence electrons. The van der Waals surface area contributed by atoms with Crippen LogP contribution in [0.25, 0.3) is 10.2 Å². The standard InChI is InChI=1S/C19H18Cl2N4O3S.ClH/c1-8-4-11(15(21)14(8)20)17(26)24-19-23-16-12(25-3-2-10(22)7-25)5-9(18(27)28)6-13(16)29-19;/h5-6,10H,2-4,7,22H2,1H3,(H,27,28)(H,23,24,26);1H/t10-;/m0./s1. The third kappa shape index (κ3) is 4.15. The van der Waals surface area contributed by atoms with E-state index in [4.69, 9.17) is 28.9 Å². The summed E-state index contributed by atoms with van der Waals surface area (Å²) in [5.41, 5.74) is 8.77. The Kier molecular flexibility index (Phi) is 6.64. The average molecular weight is 490 g/mol. The van der Waals surface area contributed by atoms with Crippen LogP contribution in [0.15, 0.2) is 33.3 Å². The Morgan fingerprint density at radius 2 is 2.07 bits per heavy atom. The third-order valence-electron chi connectivity index (χ3n) is 5.06. The number of amides is 1. The molecule has 1 aromatic carbocycles. The van der Waals surface area contributed by atoms with Crippen molar-refractivity contribution in [3.63, 3.8) is 0 Å². The fourth-order valence-electron chi connectivity index (χ4n) is 3.53. The summed E-state index contributed by atoms with van der Waals surface area (Å²) < 4.78 is 0.675. The van der Waals surface area contributed by atoms with Gasteiger partial charge in [0.15, 0.2) is 5.13 Å². The maximum absolute atomic E-state index is 12.7. The molecule has 30 heavy (non-hydrogen) atoms. The van der Waals surface area contributed by atoms with Gasteiger partial charge in [-0.15, -0.1) is 12.4 Å². The van der Waals surface area contributed by atoms with E-state index < -0.39 is 5.97 Å². The van der Waals surface area contributed by atoms with Crippen molar-refractivity contribution in [3.05, 3.63) is 38.9 Å². The number of carboxylic acid groups (broad SMARTS) is 1. The van der Waals surface area contributed by atoms with Crippen molar-refractivity contribution in [1.82, 2.24) is 4.98 Å². The second-order valence-electron chi connectivity index (χ2n) is 7.18. The van der Waals surface area contributed by atoms with Crippen LogP contribution in [0.5, 0.6) is 0 Å². The van der Waals surface area contributed by atoms with Crippen LogP contribution in [0.3, 0.4) is 0 Å². The highest BCUT2D eigenvalue weighted by molar-refractivity contribution is 7.22. The van der Waals surface area contributed by atoms with E-state index in [2.05, 4.69) is 10.3 Å². The molecular formula is C19H19Cl3N4O3S. The van der Waals surface area contributed by atoms with E-state index >= 15 is 0 Å². The molecular weight excluding hydrogens is 471 g/mol. The molecule has 2 aromatic rings. The monoisotopic (exact) mass is 488 g/mol. The second-order valence-corrected chi connectivity index (χ2v) is 8.97. The topological polar surface area (TPSA) is 109 Å². The molecule has 0 bridgehead atoms. The Hall–Kier alpha value is -1.84. The van der Waals surface area contributed by atoms with E-state index in [0.717, 1.165) is 18.5 Å². The maximum Gasteiger partial charge on any atom is 0.335 e. The molecule has 11 heteroatoms. The number of hydrogen-bond acceptors (Lipinski definition) is 6. The van der Waals surface area contributed by atoms with Crippen LogP contribution in [-0.2, 0) is 4.79 Å². The smallest absolute Gasteiger partial charge is 0.335 e. The molecule has 1 aliphatic heterocycles. The molecule has 4 N–H and O–H groups in total. The molecule has 0 spiro atoms. The highest BCUT2D eigenvalue weighted by Gasteiger charge is 2.27. The zero-order valence-electron chi connectivity index (χ0n) is 15.9. The van der Waals surface area contributed by atoms with Gasteiger partial charge in [-0.2, -0.15) is 0 Å². The molecule has 1 amide bonds. The molecule has 1 aromatic heterocycles. The number of aromatic nitrogens is 1. The highest BCUT2D eigenvalue weighted by atomic mass is 35.5. The molecule has 1 atom stereocenters. The molecule has 2 aliphatic rings. The summed E-state index contributed by atoms with van der Waals surface area (Å²) in [6, 6.07) is 3.21. The van der Waals surface area contributed by atoms with Crippen molar-refractivity contribution in [1.29, 1.82) is 0 Å². The Morgan fingerprint density at radius 3 is 2.63 bits per heavy atom. The number of thiazole rings is 1. The van der Waals surface area contributed by atoms with Gasteiger partial charge in [0.1, 0.15) is 5.52 Å². The van der Waals surface area contributed by atoms with Crippen molar-refractivity contribution in [2.24, 2.45) is 5.73 Å². The Balaban J connectivity index is 0.00000256. The van der Waals surface area contributed by atoms with Crippen LogP contribution < -0.4 is 16.0 Å². The number of hydrogen-bond donors (Lipinski definition) is 3. The van der Waals surface area contributed by atoms with Gasteiger partial charge in [-0.3, -0.25) is 10.1 Å².